The van der Waals surface area contributed by atoms with Crippen molar-refractivity contribution in [2.45, 2.75) is 32.3 Å². The van der Waals surface area contributed by atoms with Gasteiger partial charge in [-0.3, -0.25) is 9.59 Å². The van der Waals surface area contributed by atoms with Crippen LogP contribution in [-0.4, -0.2) is 48.2 Å². The number of carbonyl (C=O) groups is 2. The molecule has 0 spiro atoms. The van der Waals surface area contributed by atoms with Gasteiger partial charge in [0.25, 0.3) is 5.91 Å². The molecule has 3 rings (SSSR count). The van der Waals surface area contributed by atoms with Gasteiger partial charge in [-0.05, 0) is 26.2 Å². The molecule has 2 heterocycles. The molecule has 1 saturated heterocycles. The molecular formula is C19H23N3O4. The summed E-state index contributed by atoms with van der Waals surface area (Å²) in [7, 11) is 1.53. The molecule has 1 aromatic heterocycles. The van der Waals surface area contributed by atoms with Gasteiger partial charge in [-0.2, -0.15) is 0 Å². The lowest BCUT2D eigenvalue weighted by Gasteiger charge is -2.23. The third-order valence-electron chi connectivity index (χ3n) is 4.51. The Morgan fingerprint density at radius 1 is 1.35 bits per heavy atom. The van der Waals surface area contributed by atoms with Crippen molar-refractivity contribution in [3.63, 3.8) is 0 Å². The van der Waals surface area contributed by atoms with E-state index in [0.29, 0.717) is 30.1 Å². The Morgan fingerprint density at radius 2 is 2.12 bits per heavy atom. The second-order valence-electron chi connectivity index (χ2n) is 6.37. The van der Waals surface area contributed by atoms with E-state index >= 15 is 0 Å². The number of aromatic nitrogens is 1. The lowest BCUT2D eigenvalue weighted by atomic mass is 10.1. The van der Waals surface area contributed by atoms with Crippen LogP contribution in [0.15, 0.2) is 34.9 Å². The predicted octanol–water partition coefficient (Wildman–Crippen LogP) is 2.62. The van der Waals surface area contributed by atoms with E-state index in [-0.39, 0.29) is 18.4 Å². The summed E-state index contributed by atoms with van der Waals surface area (Å²) in [6, 6.07) is 9.45. The largest absolute Gasteiger partial charge is 0.372 e. The number of hydrogen-bond donors (Lipinski definition) is 1. The standard InChI is InChI=1S/C19H23N3O4/c1-13-17(18(26-21-13)14-8-4-3-5-9-14)20-16(23)12-22-11-7-6-10-15(25-2)19(22)24/h3-5,8-9,15H,6-7,10-12H2,1-2H3,(H,20,23). The van der Waals surface area contributed by atoms with E-state index in [1.54, 1.807) is 11.8 Å². The van der Waals surface area contributed by atoms with Crippen LogP contribution >= 0.6 is 0 Å². The Hall–Kier alpha value is -2.67. The summed E-state index contributed by atoms with van der Waals surface area (Å²) in [5, 5.41) is 6.81. The molecule has 0 saturated carbocycles. The number of benzene rings is 1. The maximum absolute atomic E-state index is 12.6. The quantitative estimate of drug-likeness (QED) is 0.889. The first kappa shape index (κ1) is 18.1. The molecule has 1 aromatic carbocycles. The summed E-state index contributed by atoms with van der Waals surface area (Å²) in [6.45, 7) is 2.31. The molecule has 2 aromatic rings. The van der Waals surface area contributed by atoms with Crippen LogP contribution in [0.25, 0.3) is 11.3 Å². The molecule has 1 N–H and O–H groups in total. The molecule has 1 atom stereocenters. The Kier molecular flexibility index (Phi) is 5.68. The number of rotatable bonds is 5. The fraction of sp³-hybridized carbons (Fsp3) is 0.421. The Labute approximate surface area is 152 Å². The van der Waals surface area contributed by atoms with Crippen molar-refractivity contribution in [3.8, 4) is 11.3 Å². The average Bonchev–Trinajstić information content (AvgIpc) is 2.91. The van der Waals surface area contributed by atoms with Crippen LogP contribution in [0.1, 0.15) is 25.0 Å². The lowest BCUT2D eigenvalue weighted by molar-refractivity contribution is -0.143. The van der Waals surface area contributed by atoms with E-state index in [9.17, 15) is 9.59 Å². The van der Waals surface area contributed by atoms with Gasteiger partial charge in [-0.25, -0.2) is 0 Å². The highest BCUT2D eigenvalue weighted by molar-refractivity contribution is 5.98. The number of likely N-dealkylation sites (tertiary alicyclic amines) is 1. The number of nitrogens with zero attached hydrogens (tertiary/aromatic N) is 2. The van der Waals surface area contributed by atoms with E-state index < -0.39 is 6.10 Å². The number of hydrogen-bond acceptors (Lipinski definition) is 5. The van der Waals surface area contributed by atoms with Crippen molar-refractivity contribution in [3.05, 3.63) is 36.0 Å². The second kappa shape index (κ2) is 8.14. The van der Waals surface area contributed by atoms with Gasteiger partial charge < -0.3 is 19.5 Å². The molecule has 1 fully saturated rings. The Morgan fingerprint density at radius 3 is 2.85 bits per heavy atom. The van der Waals surface area contributed by atoms with E-state index in [4.69, 9.17) is 9.26 Å². The van der Waals surface area contributed by atoms with Gasteiger partial charge in [0.15, 0.2) is 5.76 Å². The summed E-state index contributed by atoms with van der Waals surface area (Å²) in [6.07, 6.45) is 1.99. The average molecular weight is 357 g/mol. The van der Waals surface area contributed by atoms with Gasteiger partial charge in [-0.15, -0.1) is 0 Å². The summed E-state index contributed by atoms with van der Waals surface area (Å²) in [5.74, 6) is 0.0949. The van der Waals surface area contributed by atoms with Gasteiger partial charge in [0.05, 0.1) is 6.54 Å². The third kappa shape index (κ3) is 3.94. The maximum Gasteiger partial charge on any atom is 0.252 e. The number of carbonyl (C=O) groups excluding carboxylic acids is 2. The first-order valence-corrected chi connectivity index (χ1v) is 8.73. The second-order valence-corrected chi connectivity index (χ2v) is 6.37. The zero-order valence-corrected chi connectivity index (χ0v) is 15.0. The topological polar surface area (TPSA) is 84.7 Å². The fourth-order valence-electron chi connectivity index (χ4n) is 3.10. The molecule has 26 heavy (non-hydrogen) atoms. The normalized spacial score (nSPS) is 17.8. The number of aryl methyl sites for hydroxylation is 1. The van der Waals surface area contributed by atoms with Crippen molar-refractivity contribution in [1.29, 1.82) is 0 Å². The van der Waals surface area contributed by atoms with Crippen LogP contribution in [0, 0.1) is 6.92 Å². The fourth-order valence-corrected chi connectivity index (χ4v) is 3.10. The van der Waals surface area contributed by atoms with Crippen molar-refractivity contribution in [2.24, 2.45) is 0 Å². The number of ether oxygens (including phenoxy) is 1. The number of amides is 2. The molecule has 0 aliphatic carbocycles. The SMILES string of the molecule is COC1CCCCN(CC(=O)Nc2c(C)noc2-c2ccccc2)C1=O. The van der Waals surface area contributed by atoms with Crippen LogP contribution in [0.3, 0.4) is 0 Å². The van der Waals surface area contributed by atoms with Crippen LogP contribution in [0.2, 0.25) is 0 Å². The minimum absolute atomic E-state index is 0.0163. The summed E-state index contributed by atoms with van der Waals surface area (Å²) in [5.41, 5.74) is 1.95. The Bertz CT molecular complexity index is 772. The summed E-state index contributed by atoms with van der Waals surface area (Å²) in [4.78, 5) is 26.6. The molecule has 7 heteroatoms. The van der Waals surface area contributed by atoms with Gasteiger partial charge in [0.2, 0.25) is 5.91 Å². The van der Waals surface area contributed by atoms with Crippen molar-refractivity contribution >= 4 is 17.5 Å². The molecule has 1 unspecified atom stereocenters. The van der Waals surface area contributed by atoms with Crippen molar-refractivity contribution < 1.29 is 18.8 Å². The van der Waals surface area contributed by atoms with E-state index in [1.807, 2.05) is 30.3 Å². The zero-order chi connectivity index (χ0) is 18.5. The highest BCUT2D eigenvalue weighted by Gasteiger charge is 2.28. The molecule has 7 nitrogen and oxygen atoms in total. The van der Waals surface area contributed by atoms with Crippen molar-refractivity contribution in [2.75, 3.05) is 25.5 Å². The number of nitrogens with one attached hydrogen (secondary N) is 1. The van der Waals surface area contributed by atoms with Gasteiger partial charge >= 0.3 is 0 Å². The molecule has 138 valence electrons. The van der Waals surface area contributed by atoms with Gasteiger partial charge in [0, 0.05) is 19.2 Å². The monoisotopic (exact) mass is 357 g/mol. The van der Waals surface area contributed by atoms with E-state index in [2.05, 4.69) is 10.5 Å². The molecule has 0 radical (unpaired) electrons. The minimum Gasteiger partial charge on any atom is -0.372 e. The van der Waals surface area contributed by atoms with Gasteiger partial charge in [-0.1, -0.05) is 35.5 Å². The lowest BCUT2D eigenvalue weighted by Crippen LogP contribution is -2.43. The number of anilines is 1. The molecule has 2 amide bonds. The van der Waals surface area contributed by atoms with Crippen LogP contribution in [-0.2, 0) is 14.3 Å². The minimum atomic E-state index is -0.470. The zero-order valence-electron chi connectivity index (χ0n) is 15.0. The smallest absolute Gasteiger partial charge is 0.252 e. The maximum atomic E-state index is 12.6. The highest BCUT2D eigenvalue weighted by atomic mass is 16.5. The molecule has 1 aliphatic heterocycles. The van der Waals surface area contributed by atoms with Crippen LogP contribution in [0.5, 0.6) is 0 Å². The van der Waals surface area contributed by atoms with Crippen molar-refractivity contribution in [1.82, 2.24) is 10.1 Å². The molecular weight excluding hydrogens is 334 g/mol. The first-order valence-electron chi connectivity index (χ1n) is 8.73. The molecule has 0 bridgehead atoms. The van der Waals surface area contributed by atoms with Crippen LogP contribution < -0.4 is 5.32 Å². The summed E-state index contributed by atoms with van der Waals surface area (Å²) >= 11 is 0. The first-order chi connectivity index (χ1) is 12.6. The van der Waals surface area contributed by atoms with E-state index in [0.717, 1.165) is 18.4 Å². The van der Waals surface area contributed by atoms with Crippen LogP contribution in [0.4, 0.5) is 5.69 Å². The summed E-state index contributed by atoms with van der Waals surface area (Å²) < 4.78 is 10.6. The number of methoxy groups -OCH3 is 1. The van der Waals surface area contributed by atoms with Gasteiger partial charge in [0.1, 0.15) is 17.5 Å². The molecule has 1 aliphatic rings. The highest BCUT2D eigenvalue weighted by Crippen LogP contribution is 2.30. The Balaban J connectivity index is 1.73. The predicted molar refractivity (Wildman–Crippen MR) is 96.5 cm³/mol. The third-order valence-corrected chi connectivity index (χ3v) is 4.51. The van der Waals surface area contributed by atoms with E-state index in [1.165, 1.54) is 7.11 Å².